The lowest BCUT2D eigenvalue weighted by molar-refractivity contribution is -0.123. The zero-order valence-corrected chi connectivity index (χ0v) is 18.6. The number of nitrogens with zero attached hydrogens (tertiary/aromatic N) is 1. The highest BCUT2D eigenvalue weighted by Gasteiger charge is 2.12. The molecular weight excluding hydrogens is 404 g/mol. The van der Waals surface area contributed by atoms with E-state index in [4.69, 9.17) is 9.47 Å². The van der Waals surface area contributed by atoms with Gasteiger partial charge in [0.05, 0.1) is 18.6 Å². The van der Waals surface area contributed by atoms with Gasteiger partial charge in [-0.15, -0.1) is 0 Å². The van der Waals surface area contributed by atoms with Gasteiger partial charge in [0.1, 0.15) is 11.5 Å². The number of sulfonamides is 1. The molecule has 0 aliphatic rings. The maximum absolute atomic E-state index is 12.0. The summed E-state index contributed by atoms with van der Waals surface area (Å²) in [7, 11) is -1.84. The number of anilines is 1. The van der Waals surface area contributed by atoms with E-state index in [1.165, 1.54) is 11.4 Å². The average Bonchev–Trinajstić information content (AvgIpc) is 2.73. The first-order valence-corrected chi connectivity index (χ1v) is 11.8. The van der Waals surface area contributed by atoms with Gasteiger partial charge in [0.15, 0.2) is 6.61 Å². The second kappa shape index (κ2) is 11.4. The fourth-order valence-corrected chi connectivity index (χ4v) is 3.22. The number of carbonyl (C=O) groups excluding carboxylic acids is 1. The quantitative estimate of drug-likeness (QED) is 0.519. The molecule has 30 heavy (non-hydrogen) atoms. The van der Waals surface area contributed by atoms with Gasteiger partial charge in [-0.25, -0.2) is 8.42 Å². The molecule has 0 spiro atoms. The summed E-state index contributed by atoms with van der Waals surface area (Å²) in [4.78, 5) is 12.0. The Hall–Kier alpha value is -2.74. The van der Waals surface area contributed by atoms with Crippen LogP contribution in [-0.4, -0.2) is 47.4 Å². The van der Waals surface area contributed by atoms with E-state index in [2.05, 4.69) is 12.2 Å². The van der Waals surface area contributed by atoms with Crippen molar-refractivity contribution in [1.29, 1.82) is 0 Å². The van der Waals surface area contributed by atoms with Crippen LogP contribution in [0.3, 0.4) is 0 Å². The van der Waals surface area contributed by atoms with Crippen molar-refractivity contribution in [3.8, 4) is 11.5 Å². The molecule has 0 fully saturated rings. The molecule has 2 aromatic rings. The van der Waals surface area contributed by atoms with Crippen molar-refractivity contribution in [1.82, 2.24) is 5.32 Å². The lowest BCUT2D eigenvalue weighted by Gasteiger charge is -2.16. The van der Waals surface area contributed by atoms with E-state index in [-0.39, 0.29) is 12.5 Å². The Labute approximate surface area is 179 Å². The summed E-state index contributed by atoms with van der Waals surface area (Å²) >= 11 is 0. The summed E-state index contributed by atoms with van der Waals surface area (Å²) < 4.78 is 35.5. The van der Waals surface area contributed by atoms with E-state index < -0.39 is 10.0 Å². The van der Waals surface area contributed by atoms with Crippen LogP contribution in [0.25, 0.3) is 0 Å². The molecule has 0 bridgehead atoms. The number of hydrogen-bond donors (Lipinski definition) is 1. The molecule has 164 valence electrons. The van der Waals surface area contributed by atoms with Crippen molar-refractivity contribution in [3.63, 3.8) is 0 Å². The summed E-state index contributed by atoms with van der Waals surface area (Å²) in [5.74, 6) is 1.19. The molecule has 1 N–H and O–H groups in total. The largest absolute Gasteiger partial charge is 0.493 e. The van der Waals surface area contributed by atoms with Crippen LogP contribution >= 0.6 is 0 Å². The summed E-state index contributed by atoms with van der Waals surface area (Å²) in [5, 5.41) is 2.84. The Morgan fingerprint density at radius 2 is 1.77 bits per heavy atom. The number of para-hydroxylation sites is 1. The molecule has 0 aliphatic carbocycles. The van der Waals surface area contributed by atoms with E-state index in [0.717, 1.165) is 36.8 Å². The zero-order valence-electron chi connectivity index (χ0n) is 17.8. The van der Waals surface area contributed by atoms with Crippen molar-refractivity contribution in [2.24, 2.45) is 0 Å². The summed E-state index contributed by atoms with van der Waals surface area (Å²) in [6.45, 7) is 3.21. The first-order chi connectivity index (χ1) is 14.3. The van der Waals surface area contributed by atoms with Crippen LogP contribution < -0.4 is 19.1 Å². The molecule has 7 nitrogen and oxygen atoms in total. The second-order valence-electron chi connectivity index (χ2n) is 6.92. The minimum Gasteiger partial charge on any atom is -0.493 e. The van der Waals surface area contributed by atoms with E-state index in [0.29, 0.717) is 24.6 Å². The Kier molecular flexibility index (Phi) is 8.98. The van der Waals surface area contributed by atoms with Crippen LogP contribution in [0.1, 0.15) is 25.3 Å². The van der Waals surface area contributed by atoms with E-state index >= 15 is 0 Å². The topological polar surface area (TPSA) is 84.9 Å². The summed E-state index contributed by atoms with van der Waals surface area (Å²) in [6, 6.07) is 14.5. The fraction of sp³-hybridized carbons (Fsp3) is 0.409. The smallest absolute Gasteiger partial charge is 0.257 e. The summed E-state index contributed by atoms with van der Waals surface area (Å²) in [5.41, 5.74) is 1.66. The predicted octanol–water partition coefficient (Wildman–Crippen LogP) is 3.00. The maximum Gasteiger partial charge on any atom is 0.257 e. The van der Waals surface area contributed by atoms with Crippen LogP contribution in [0.15, 0.2) is 48.5 Å². The third kappa shape index (κ3) is 7.59. The van der Waals surface area contributed by atoms with Crippen molar-refractivity contribution < 1.29 is 22.7 Å². The first kappa shape index (κ1) is 23.5. The van der Waals surface area contributed by atoms with Gasteiger partial charge in [0, 0.05) is 13.6 Å². The van der Waals surface area contributed by atoms with Crippen molar-refractivity contribution in [2.75, 3.05) is 37.4 Å². The molecule has 0 unspecified atom stereocenters. The Bertz CT molecular complexity index is 913. The third-order valence-electron chi connectivity index (χ3n) is 4.45. The second-order valence-corrected chi connectivity index (χ2v) is 8.94. The molecule has 8 heteroatoms. The van der Waals surface area contributed by atoms with Gasteiger partial charge in [-0.2, -0.15) is 0 Å². The van der Waals surface area contributed by atoms with Gasteiger partial charge in [-0.3, -0.25) is 9.10 Å². The van der Waals surface area contributed by atoms with Crippen LogP contribution in [0, 0.1) is 0 Å². The Morgan fingerprint density at radius 1 is 1.07 bits per heavy atom. The van der Waals surface area contributed by atoms with Crippen LogP contribution in [0.2, 0.25) is 0 Å². The van der Waals surface area contributed by atoms with Gasteiger partial charge in [-0.05, 0) is 55.2 Å². The third-order valence-corrected chi connectivity index (χ3v) is 5.65. The molecule has 0 saturated carbocycles. The first-order valence-electron chi connectivity index (χ1n) is 9.95. The number of carbonyl (C=O) groups is 1. The Balaban J connectivity index is 1.72. The van der Waals surface area contributed by atoms with Crippen molar-refractivity contribution in [2.45, 2.75) is 26.2 Å². The monoisotopic (exact) mass is 434 g/mol. The molecule has 0 heterocycles. The highest BCUT2D eigenvalue weighted by Crippen LogP contribution is 2.21. The number of benzene rings is 2. The van der Waals surface area contributed by atoms with E-state index in [1.54, 1.807) is 24.3 Å². The normalized spacial score (nSPS) is 11.0. The zero-order chi connectivity index (χ0) is 22.0. The number of ether oxygens (including phenoxy) is 2. The minimum absolute atomic E-state index is 0.0997. The maximum atomic E-state index is 12.0. The van der Waals surface area contributed by atoms with Gasteiger partial charge in [0.25, 0.3) is 5.91 Å². The van der Waals surface area contributed by atoms with Crippen LogP contribution in [0.5, 0.6) is 11.5 Å². The number of aryl methyl sites for hydroxylation is 1. The molecule has 1 amide bonds. The van der Waals surface area contributed by atoms with Crippen LogP contribution in [-0.2, 0) is 21.2 Å². The lowest BCUT2D eigenvalue weighted by atomic mass is 10.1. The average molecular weight is 435 g/mol. The van der Waals surface area contributed by atoms with E-state index in [1.807, 2.05) is 24.3 Å². The van der Waals surface area contributed by atoms with E-state index in [9.17, 15) is 13.2 Å². The predicted molar refractivity (Wildman–Crippen MR) is 119 cm³/mol. The molecular formula is C22H30N2O5S. The molecule has 0 saturated heterocycles. The Morgan fingerprint density at radius 3 is 2.43 bits per heavy atom. The number of nitrogens with one attached hydrogen (secondary N) is 1. The van der Waals surface area contributed by atoms with Gasteiger partial charge in [-0.1, -0.05) is 25.1 Å². The fourth-order valence-electron chi connectivity index (χ4n) is 2.71. The van der Waals surface area contributed by atoms with Gasteiger partial charge < -0.3 is 14.8 Å². The molecule has 0 radical (unpaired) electrons. The number of amides is 1. The SMILES string of the molecule is CCCOc1ccccc1CCCNC(=O)COc1ccc(N(C)S(C)(=O)=O)cc1. The van der Waals surface area contributed by atoms with Crippen LogP contribution in [0.4, 0.5) is 5.69 Å². The van der Waals surface area contributed by atoms with Gasteiger partial charge >= 0.3 is 0 Å². The molecule has 0 aromatic heterocycles. The number of rotatable bonds is 12. The van der Waals surface area contributed by atoms with Gasteiger partial charge in [0.2, 0.25) is 10.0 Å². The molecule has 0 atom stereocenters. The highest BCUT2D eigenvalue weighted by molar-refractivity contribution is 7.92. The standard InChI is InChI=1S/C22H30N2O5S/c1-4-16-28-21-10-6-5-8-18(21)9-7-15-23-22(25)17-29-20-13-11-19(12-14-20)24(2)30(3,26)27/h5-6,8,10-14H,4,7,9,15-17H2,1-3H3,(H,23,25). The molecule has 2 rings (SSSR count). The summed E-state index contributed by atoms with van der Waals surface area (Å²) in [6.07, 6.45) is 3.71. The molecule has 0 aliphatic heterocycles. The van der Waals surface area contributed by atoms with Crippen molar-refractivity contribution in [3.05, 3.63) is 54.1 Å². The van der Waals surface area contributed by atoms with Crippen molar-refractivity contribution >= 4 is 21.6 Å². The minimum atomic E-state index is -3.31. The molecule has 2 aromatic carbocycles. The lowest BCUT2D eigenvalue weighted by Crippen LogP contribution is -2.30. The highest BCUT2D eigenvalue weighted by atomic mass is 32.2. The number of hydrogen-bond acceptors (Lipinski definition) is 5.